The lowest BCUT2D eigenvalue weighted by Crippen LogP contribution is -2.12. The molecule has 0 spiro atoms. The minimum atomic E-state index is 0.0919. The minimum Gasteiger partial charge on any atom is -0.323 e. The van der Waals surface area contributed by atoms with Gasteiger partial charge in [0.15, 0.2) is 0 Å². The van der Waals surface area contributed by atoms with Crippen molar-refractivity contribution in [2.24, 2.45) is 5.73 Å². The first kappa shape index (κ1) is 10.3. The molecule has 0 radical (unpaired) electrons. The Bertz CT molecular complexity index is 422. The van der Waals surface area contributed by atoms with Gasteiger partial charge in [0.05, 0.1) is 0 Å². The number of pyridine rings is 1. The summed E-state index contributed by atoms with van der Waals surface area (Å²) in [6, 6.07) is 6.22. The molecule has 0 saturated carbocycles. The van der Waals surface area contributed by atoms with Crippen molar-refractivity contribution in [3.8, 4) is 0 Å². The van der Waals surface area contributed by atoms with Gasteiger partial charge < -0.3 is 5.73 Å². The molecule has 0 aliphatic heterocycles. The second-order valence-corrected chi connectivity index (χ2v) is 4.59. The average Bonchev–Trinajstić information content (AvgIpc) is 2.66. The van der Waals surface area contributed by atoms with E-state index in [0.717, 1.165) is 6.42 Å². The van der Waals surface area contributed by atoms with Crippen LogP contribution in [0.1, 0.15) is 22.0 Å². The molecule has 78 valence electrons. The quantitative estimate of drug-likeness (QED) is 0.860. The van der Waals surface area contributed by atoms with Gasteiger partial charge in [0.2, 0.25) is 0 Å². The van der Waals surface area contributed by atoms with Crippen molar-refractivity contribution in [3.63, 3.8) is 0 Å². The van der Waals surface area contributed by atoms with E-state index in [1.54, 1.807) is 17.5 Å². The highest BCUT2D eigenvalue weighted by atomic mass is 32.1. The van der Waals surface area contributed by atoms with E-state index in [9.17, 15) is 0 Å². The van der Waals surface area contributed by atoms with Gasteiger partial charge >= 0.3 is 0 Å². The molecule has 2 aromatic heterocycles. The van der Waals surface area contributed by atoms with Crippen molar-refractivity contribution in [3.05, 3.63) is 52.0 Å². The van der Waals surface area contributed by atoms with Gasteiger partial charge in [-0.15, -0.1) is 11.3 Å². The van der Waals surface area contributed by atoms with Crippen molar-refractivity contribution in [1.82, 2.24) is 4.98 Å². The summed E-state index contributed by atoms with van der Waals surface area (Å²) >= 11 is 1.73. The zero-order valence-electron chi connectivity index (χ0n) is 8.68. The smallest absolute Gasteiger partial charge is 0.0433 e. The molecule has 0 aliphatic rings. The van der Waals surface area contributed by atoms with Crippen molar-refractivity contribution >= 4 is 11.3 Å². The number of nitrogens with two attached hydrogens (primary N) is 1. The van der Waals surface area contributed by atoms with E-state index in [0.29, 0.717) is 0 Å². The molecule has 0 saturated heterocycles. The molecule has 0 fully saturated rings. The third kappa shape index (κ3) is 2.43. The highest BCUT2D eigenvalue weighted by molar-refractivity contribution is 7.10. The van der Waals surface area contributed by atoms with Crippen LogP contribution in [0, 0.1) is 6.92 Å². The Morgan fingerprint density at radius 3 is 2.93 bits per heavy atom. The molecule has 2 nitrogen and oxygen atoms in total. The second kappa shape index (κ2) is 4.55. The molecule has 2 aromatic rings. The van der Waals surface area contributed by atoms with Crippen LogP contribution >= 0.6 is 11.3 Å². The third-order valence-corrected chi connectivity index (χ3v) is 3.57. The van der Waals surface area contributed by atoms with Crippen LogP contribution in [0.25, 0.3) is 0 Å². The van der Waals surface area contributed by atoms with Crippen LogP contribution in [0.4, 0.5) is 0 Å². The highest BCUT2D eigenvalue weighted by Crippen LogP contribution is 2.24. The SMILES string of the molecule is Cc1ccsc1C(N)Cc1cccnc1. The molecule has 0 aliphatic carbocycles. The lowest BCUT2D eigenvalue weighted by molar-refractivity contribution is 0.729. The Morgan fingerprint density at radius 2 is 2.33 bits per heavy atom. The summed E-state index contributed by atoms with van der Waals surface area (Å²) in [5, 5.41) is 2.09. The van der Waals surface area contributed by atoms with Gasteiger partial charge in [-0.2, -0.15) is 0 Å². The molecule has 1 unspecified atom stereocenters. The zero-order valence-corrected chi connectivity index (χ0v) is 9.50. The number of nitrogens with zero attached hydrogens (tertiary/aromatic N) is 1. The maximum absolute atomic E-state index is 6.15. The summed E-state index contributed by atoms with van der Waals surface area (Å²) in [5.74, 6) is 0. The molecule has 0 bridgehead atoms. The monoisotopic (exact) mass is 218 g/mol. The topological polar surface area (TPSA) is 38.9 Å². The van der Waals surface area contributed by atoms with Crippen molar-refractivity contribution in [2.75, 3.05) is 0 Å². The number of rotatable bonds is 3. The normalized spacial score (nSPS) is 12.7. The van der Waals surface area contributed by atoms with Crippen LogP contribution in [-0.4, -0.2) is 4.98 Å². The Morgan fingerprint density at radius 1 is 1.47 bits per heavy atom. The summed E-state index contributed by atoms with van der Waals surface area (Å²) in [6.45, 7) is 2.11. The molecule has 0 amide bonds. The maximum Gasteiger partial charge on any atom is 0.0433 e. The van der Waals surface area contributed by atoms with Crippen molar-refractivity contribution in [1.29, 1.82) is 0 Å². The summed E-state index contributed by atoms with van der Waals surface area (Å²) in [5.41, 5.74) is 8.64. The van der Waals surface area contributed by atoms with Gasteiger partial charge in [0, 0.05) is 23.3 Å². The predicted octanol–water partition coefficient (Wildman–Crippen LogP) is 2.69. The van der Waals surface area contributed by atoms with Crippen LogP contribution in [0.3, 0.4) is 0 Å². The van der Waals surface area contributed by atoms with Gasteiger partial charge in [-0.05, 0) is 42.0 Å². The van der Waals surface area contributed by atoms with Gasteiger partial charge in [0.1, 0.15) is 0 Å². The Kier molecular flexibility index (Phi) is 3.14. The largest absolute Gasteiger partial charge is 0.323 e. The van der Waals surface area contributed by atoms with Gasteiger partial charge in [0.25, 0.3) is 0 Å². The van der Waals surface area contributed by atoms with Crippen LogP contribution in [0.5, 0.6) is 0 Å². The third-order valence-electron chi connectivity index (χ3n) is 2.42. The molecular formula is C12H14N2S. The Balaban J connectivity index is 2.11. The second-order valence-electron chi connectivity index (χ2n) is 3.64. The number of thiophene rings is 1. The van der Waals surface area contributed by atoms with E-state index in [-0.39, 0.29) is 6.04 Å². The summed E-state index contributed by atoms with van der Waals surface area (Å²) < 4.78 is 0. The lowest BCUT2D eigenvalue weighted by atomic mass is 10.1. The number of aromatic nitrogens is 1. The standard InChI is InChI=1S/C12H14N2S/c1-9-4-6-15-12(9)11(13)7-10-3-2-5-14-8-10/h2-6,8,11H,7,13H2,1H3. The highest BCUT2D eigenvalue weighted by Gasteiger charge is 2.10. The fraction of sp³-hybridized carbons (Fsp3) is 0.250. The number of hydrogen-bond acceptors (Lipinski definition) is 3. The van der Waals surface area contributed by atoms with Gasteiger partial charge in [-0.25, -0.2) is 0 Å². The fourth-order valence-corrected chi connectivity index (χ4v) is 2.56. The molecule has 2 heterocycles. The average molecular weight is 218 g/mol. The summed E-state index contributed by atoms with van der Waals surface area (Å²) in [6.07, 6.45) is 4.52. The molecule has 2 rings (SSSR count). The minimum absolute atomic E-state index is 0.0919. The molecule has 3 heteroatoms. The van der Waals surface area contributed by atoms with E-state index in [1.807, 2.05) is 12.3 Å². The van der Waals surface area contributed by atoms with Crippen LogP contribution in [0.2, 0.25) is 0 Å². The predicted molar refractivity (Wildman–Crippen MR) is 63.9 cm³/mol. The summed E-state index contributed by atoms with van der Waals surface area (Å²) in [7, 11) is 0. The first-order chi connectivity index (χ1) is 7.27. The van der Waals surface area contributed by atoms with E-state index in [1.165, 1.54) is 16.0 Å². The molecule has 0 aromatic carbocycles. The first-order valence-corrected chi connectivity index (χ1v) is 5.84. The van der Waals surface area contributed by atoms with Crippen molar-refractivity contribution < 1.29 is 0 Å². The maximum atomic E-state index is 6.15. The van der Waals surface area contributed by atoms with Crippen molar-refractivity contribution in [2.45, 2.75) is 19.4 Å². The Labute approximate surface area is 93.8 Å². The van der Waals surface area contributed by atoms with E-state index in [4.69, 9.17) is 5.73 Å². The van der Waals surface area contributed by atoms with E-state index in [2.05, 4.69) is 29.4 Å². The van der Waals surface area contributed by atoms with Gasteiger partial charge in [-0.1, -0.05) is 6.07 Å². The van der Waals surface area contributed by atoms with Crippen LogP contribution in [0.15, 0.2) is 36.0 Å². The van der Waals surface area contributed by atoms with Gasteiger partial charge in [-0.3, -0.25) is 4.98 Å². The number of hydrogen-bond donors (Lipinski definition) is 1. The Hall–Kier alpha value is -1.19. The van der Waals surface area contributed by atoms with E-state index < -0.39 is 0 Å². The zero-order chi connectivity index (χ0) is 10.7. The molecule has 2 N–H and O–H groups in total. The molecule has 15 heavy (non-hydrogen) atoms. The number of aryl methyl sites for hydroxylation is 1. The molecular weight excluding hydrogens is 204 g/mol. The van der Waals surface area contributed by atoms with E-state index >= 15 is 0 Å². The fourth-order valence-electron chi connectivity index (χ4n) is 1.63. The summed E-state index contributed by atoms with van der Waals surface area (Å²) in [4.78, 5) is 5.37. The van der Waals surface area contributed by atoms with Crippen LogP contribution in [-0.2, 0) is 6.42 Å². The molecule has 1 atom stereocenters. The lowest BCUT2D eigenvalue weighted by Gasteiger charge is -2.10. The van der Waals surface area contributed by atoms with Crippen LogP contribution < -0.4 is 5.73 Å². The first-order valence-electron chi connectivity index (χ1n) is 4.96.